The van der Waals surface area contributed by atoms with Crippen molar-refractivity contribution < 1.29 is 14.6 Å². The second-order valence-electron chi connectivity index (χ2n) is 7.28. The highest BCUT2D eigenvalue weighted by Crippen LogP contribution is 2.23. The number of aliphatic hydroxyl groups is 1. The number of carbonyl (C=O) groups excluding carboxylic acids is 1. The van der Waals surface area contributed by atoms with Crippen molar-refractivity contribution in [3.63, 3.8) is 0 Å². The van der Waals surface area contributed by atoms with Crippen LogP contribution in [0.2, 0.25) is 0 Å². The highest BCUT2D eigenvalue weighted by molar-refractivity contribution is 5.86. The van der Waals surface area contributed by atoms with E-state index in [1.165, 1.54) is 5.56 Å². The summed E-state index contributed by atoms with van der Waals surface area (Å²) in [4.78, 5) is 14.6. The fourth-order valence-corrected chi connectivity index (χ4v) is 3.78. The number of nitrogens with one attached hydrogen (secondary N) is 1. The standard InChI is InChI=1S/C20H30N2O3/c23-19-20(24,16-21-18-9-14-25-15-10-18)11-5-13-22(19)12-4-8-17-6-2-1-3-7-17/h1-3,6-7,18,21,24H,4-5,8-16H2/t20-/m1/s1. The van der Waals surface area contributed by atoms with E-state index in [1.807, 2.05) is 23.1 Å². The van der Waals surface area contributed by atoms with Gasteiger partial charge in [-0.25, -0.2) is 0 Å². The third kappa shape index (κ3) is 5.03. The number of ether oxygens (including phenoxy) is 1. The maximum atomic E-state index is 12.8. The number of likely N-dealkylation sites (tertiary alicyclic amines) is 1. The van der Waals surface area contributed by atoms with Crippen molar-refractivity contribution >= 4 is 5.91 Å². The molecule has 25 heavy (non-hydrogen) atoms. The zero-order valence-electron chi connectivity index (χ0n) is 15.0. The van der Waals surface area contributed by atoms with E-state index in [4.69, 9.17) is 4.74 Å². The van der Waals surface area contributed by atoms with Crippen LogP contribution < -0.4 is 5.32 Å². The van der Waals surface area contributed by atoms with Crippen LogP contribution in [0.4, 0.5) is 0 Å². The number of hydrogen-bond donors (Lipinski definition) is 2. The summed E-state index contributed by atoms with van der Waals surface area (Å²) < 4.78 is 5.36. The molecule has 0 aromatic heterocycles. The van der Waals surface area contributed by atoms with E-state index in [9.17, 15) is 9.90 Å². The van der Waals surface area contributed by atoms with Gasteiger partial charge in [-0.1, -0.05) is 30.3 Å². The van der Waals surface area contributed by atoms with Crippen molar-refractivity contribution in [2.45, 2.75) is 50.2 Å². The van der Waals surface area contributed by atoms with E-state index in [-0.39, 0.29) is 5.91 Å². The molecule has 138 valence electrons. The van der Waals surface area contributed by atoms with Crippen LogP contribution in [0, 0.1) is 0 Å². The Bertz CT molecular complexity index is 545. The van der Waals surface area contributed by atoms with Crippen molar-refractivity contribution in [3.05, 3.63) is 35.9 Å². The number of amides is 1. The van der Waals surface area contributed by atoms with Gasteiger partial charge in [0.15, 0.2) is 5.60 Å². The van der Waals surface area contributed by atoms with Gasteiger partial charge >= 0.3 is 0 Å². The summed E-state index contributed by atoms with van der Waals surface area (Å²) in [6.07, 6.45) is 5.21. The predicted molar refractivity (Wildman–Crippen MR) is 97.4 cm³/mol. The highest BCUT2D eigenvalue weighted by Gasteiger charge is 2.42. The van der Waals surface area contributed by atoms with Gasteiger partial charge in [0.25, 0.3) is 5.91 Å². The van der Waals surface area contributed by atoms with Crippen molar-refractivity contribution in [1.82, 2.24) is 10.2 Å². The molecule has 2 heterocycles. The minimum Gasteiger partial charge on any atom is -0.381 e. The molecular formula is C20H30N2O3. The molecule has 3 rings (SSSR count). The first-order valence-electron chi connectivity index (χ1n) is 9.54. The molecule has 1 aromatic rings. The molecule has 0 radical (unpaired) electrons. The molecule has 0 saturated carbocycles. The van der Waals surface area contributed by atoms with Crippen LogP contribution in [0.15, 0.2) is 30.3 Å². The Hall–Kier alpha value is -1.43. The average molecular weight is 346 g/mol. The van der Waals surface area contributed by atoms with E-state index in [1.54, 1.807) is 0 Å². The first-order chi connectivity index (χ1) is 12.2. The predicted octanol–water partition coefficient (Wildman–Crippen LogP) is 1.74. The number of benzene rings is 1. The minimum atomic E-state index is -1.25. The third-order valence-electron chi connectivity index (χ3n) is 5.34. The Balaban J connectivity index is 1.47. The molecular weight excluding hydrogens is 316 g/mol. The largest absolute Gasteiger partial charge is 0.381 e. The molecule has 0 unspecified atom stereocenters. The van der Waals surface area contributed by atoms with Gasteiger partial charge in [0.05, 0.1) is 0 Å². The Morgan fingerprint density at radius 2 is 2.00 bits per heavy atom. The molecule has 0 spiro atoms. The van der Waals surface area contributed by atoms with Crippen LogP contribution in [-0.4, -0.2) is 60.4 Å². The average Bonchev–Trinajstić information content (AvgIpc) is 2.66. The minimum absolute atomic E-state index is 0.105. The zero-order valence-corrected chi connectivity index (χ0v) is 15.0. The van der Waals surface area contributed by atoms with E-state index in [2.05, 4.69) is 17.4 Å². The molecule has 2 N–H and O–H groups in total. The normalized spacial score (nSPS) is 25.3. The van der Waals surface area contributed by atoms with Crippen LogP contribution in [0.1, 0.15) is 37.7 Å². The summed E-state index contributed by atoms with van der Waals surface area (Å²) in [6, 6.07) is 10.7. The molecule has 1 atom stereocenters. The van der Waals surface area contributed by atoms with Gasteiger partial charge in [0.2, 0.25) is 0 Å². The number of carbonyl (C=O) groups is 1. The smallest absolute Gasteiger partial charge is 0.255 e. The van der Waals surface area contributed by atoms with Gasteiger partial charge in [-0.3, -0.25) is 4.79 Å². The molecule has 5 nitrogen and oxygen atoms in total. The lowest BCUT2D eigenvalue weighted by Crippen LogP contribution is -2.59. The topological polar surface area (TPSA) is 61.8 Å². The molecule has 0 bridgehead atoms. The van der Waals surface area contributed by atoms with Gasteiger partial charge in [0, 0.05) is 38.9 Å². The maximum Gasteiger partial charge on any atom is 0.255 e. The Morgan fingerprint density at radius 3 is 2.76 bits per heavy atom. The van der Waals surface area contributed by atoms with Gasteiger partial charge < -0.3 is 20.1 Å². The number of rotatable bonds is 7. The van der Waals surface area contributed by atoms with Crippen molar-refractivity contribution in [2.75, 3.05) is 32.8 Å². The molecule has 1 amide bonds. The number of hydrogen-bond acceptors (Lipinski definition) is 4. The van der Waals surface area contributed by atoms with Crippen LogP contribution in [0.5, 0.6) is 0 Å². The molecule has 2 aliphatic rings. The SMILES string of the molecule is O=C1N(CCCc2ccccc2)CCC[C@@]1(O)CNC1CCOCC1. The van der Waals surface area contributed by atoms with Gasteiger partial charge in [-0.2, -0.15) is 0 Å². The van der Waals surface area contributed by atoms with E-state index in [0.717, 1.165) is 51.9 Å². The van der Waals surface area contributed by atoms with E-state index in [0.29, 0.717) is 25.6 Å². The Morgan fingerprint density at radius 1 is 1.24 bits per heavy atom. The quantitative estimate of drug-likeness (QED) is 0.789. The maximum absolute atomic E-state index is 12.8. The van der Waals surface area contributed by atoms with Crippen LogP contribution in [-0.2, 0) is 16.0 Å². The highest BCUT2D eigenvalue weighted by atomic mass is 16.5. The summed E-state index contributed by atoms with van der Waals surface area (Å²) in [5, 5.41) is 14.3. The fourth-order valence-electron chi connectivity index (χ4n) is 3.78. The van der Waals surface area contributed by atoms with Crippen LogP contribution >= 0.6 is 0 Å². The van der Waals surface area contributed by atoms with Crippen LogP contribution in [0.25, 0.3) is 0 Å². The summed E-state index contributed by atoms with van der Waals surface area (Å²) in [6.45, 7) is 3.34. The number of aryl methyl sites for hydroxylation is 1. The third-order valence-corrected chi connectivity index (χ3v) is 5.34. The molecule has 2 saturated heterocycles. The molecule has 5 heteroatoms. The lowest BCUT2D eigenvalue weighted by Gasteiger charge is -2.39. The first-order valence-corrected chi connectivity index (χ1v) is 9.54. The van der Waals surface area contributed by atoms with Gasteiger partial charge in [0.1, 0.15) is 0 Å². The number of piperidine rings is 1. The Labute approximate surface area is 150 Å². The Kier molecular flexibility index (Phi) is 6.45. The molecule has 2 aliphatic heterocycles. The number of nitrogens with zero attached hydrogens (tertiary/aromatic N) is 1. The molecule has 0 aliphatic carbocycles. The van der Waals surface area contributed by atoms with Gasteiger partial charge in [-0.15, -0.1) is 0 Å². The summed E-state index contributed by atoms with van der Waals surface area (Å²) in [5.41, 5.74) is 0.0481. The van der Waals surface area contributed by atoms with Crippen molar-refractivity contribution in [2.24, 2.45) is 0 Å². The van der Waals surface area contributed by atoms with Crippen molar-refractivity contribution in [1.29, 1.82) is 0 Å². The lowest BCUT2D eigenvalue weighted by molar-refractivity contribution is -0.156. The fraction of sp³-hybridized carbons (Fsp3) is 0.650. The summed E-state index contributed by atoms with van der Waals surface area (Å²) in [5.74, 6) is -0.105. The molecule has 2 fully saturated rings. The summed E-state index contributed by atoms with van der Waals surface area (Å²) in [7, 11) is 0. The monoisotopic (exact) mass is 346 g/mol. The second-order valence-corrected chi connectivity index (χ2v) is 7.28. The van der Waals surface area contributed by atoms with E-state index < -0.39 is 5.60 Å². The van der Waals surface area contributed by atoms with Gasteiger partial charge in [-0.05, 0) is 44.1 Å². The van der Waals surface area contributed by atoms with Crippen molar-refractivity contribution in [3.8, 4) is 0 Å². The van der Waals surface area contributed by atoms with E-state index >= 15 is 0 Å². The second kappa shape index (κ2) is 8.79. The summed E-state index contributed by atoms with van der Waals surface area (Å²) >= 11 is 0. The first kappa shape index (κ1) is 18.4. The van der Waals surface area contributed by atoms with Crippen LogP contribution in [0.3, 0.4) is 0 Å². The zero-order chi connectivity index (χ0) is 17.5. The molecule has 1 aromatic carbocycles. The lowest BCUT2D eigenvalue weighted by atomic mass is 9.90.